The summed E-state index contributed by atoms with van der Waals surface area (Å²) < 4.78 is 17.2. The summed E-state index contributed by atoms with van der Waals surface area (Å²) in [6.07, 6.45) is 20.9. The summed E-state index contributed by atoms with van der Waals surface area (Å²) in [6, 6.07) is 9.12. The monoisotopic (exact) mass is 482 g/mol. The summed E-state index contributed by atoms with van der Waals surface area (Å²) in [4.78, 5) is 12.0. The first-order valence-corrected chi connectivity index (χ1v) is 14.3. The van der Waals surface area contributed by atoms with Crippen molar-refractivity contribution in [2.24, 2.45) is 5.41 Å². The van der Waals surface area contributed by atoms with Gasteiger partial charge in [0.15, 0.2) is 0 Å². The molecule has 4 aliphatic rings. The fourth-order valence-corrected chi connectivity index (χ4v) is 6.48. The highest BCUT2D eigenvalue weighted by Crippen LogP contribution is 2.59. The van der Waals surface area contributed by atoms with Crippen molar-refractivity contribution < 1.29 is 19.0 Å². The van der Waals surface area contributed by atoms with Gasteiger partial charge in [0.1, 0.15) is 12.7 Å². The third-order valence-electron chi connectivity index (χ3n) is 8.95. The van der Waals surface area contributed by atoms with Gasteiger partial charge in [0.05, 0.1) is 6.61 Å². The second kappa shape index (κ2) is 12.5. The summed E-state index contributed by atoms with van der Waals surface area (Å²) in [5.74, 6) is -0.355. The number of fused-ring (bicyclic) bond motifs is 3. The summed E-state index contributed by atoms with van der Waals surface area (Å²) in [6.45, 7) is 5.15. The SMILES string of the molecule is CCCCC/C=C/C(=O)OC1COC(c2ccc(C34CCC(CCCCC)(CC3)CC4)cc2)CO1. The van der Waals surface area contributed by atoms with E-state index in [0.29, 0.717) is 17.4 Å². The number of hydrogen-bond acceptors (Lipinski definition) is 4. The van der Waals surface area contributed by atoms with Crippen molar-refractivity contribution in [1.29, 1.82) is 0 Å². The van der Waals surface area contributed by atoms with Crippen molar-refractivity contribution in [3.63, 3.8) is 0 Å². The van der Waals surface area contributed by atoms with E-state index >= 15 is 0 Å². The Kier molecular flexibility index (Phi) is 9.46. The first-order valence-electron chi connectivity index (χ1n) is 14.3. The molecule has 4 nitrogen and oxygen atoms in total. The van der Waals surface area contributed by atoms with Crippen molar-refractivity contribution in [2.75, 3.05) is 13.2 Å². The van der Waals surface area contributed by atoms with E-state index in [2.05, 4.69) is 38.1 Å². The van der Waals surface area contributed by atoms with Crippen LogP contribution in [0.1, 0.15) is 121 Å². The molecule has 1 heterocycles. The lowest BCUT2D eigenvalue weighted by atomic mass is 9.51. The van der Waals surface area contributed by atoms with Crippen molar-refractivity contribution in [1.82, 2.24) is 0 Å². The molecule has 1 aliphatic heterocycles. The standard InChI is InChI=1S/C31H46O4/c1-3-5-7-8-9-11-28(32)35-29-24-33-27(23-34-29)25-12-14-26(15-13-25)31-20-17-30(18-21-31,19-22-31)16-10-6-4-2/h9,11-15,27,29H,3-8,10,16-24H2,1-2H3/b11-9+. The van der Waals surface area contributed by atoms with E-state index in [1.54, 1.807) is 0 Å². The van der Waals surface area contributed by atoms with Crippen LogP contribution in [-0.2, 0) is 24.4 Å². The molecule has 2 bridgehead atoms. The molecule has 0 spiro atoms. The van der Waals surface area contributed by atoms with Crippen LogP contribution in [0.25, 0.3) is 0 Å². The number of unbranched alkanes of at least 4 members (excludes halogenated alkanes) is 5. The fraction of sp³-hybridized carbons (Fsp3) is 0.710. The molecule has 3 aliphatic carbocycles. The van der Waals surface area contributed by atoms with E-state index in [1.165, 1.54) is 88.7 Å². The zero-order valence-electron chi connectivity index (χ0n) is 22.1. The Morgan fingerprint density at radius 2 is 1.60 bits per heavy atom. The van der Waals surface area contributed by atoms with Crippen LogP contribution >= 0.6 is 0 Å². The van der Waals surface area contributed by atoms with E-state index in [0.717, 1.165) is 18.4 Å². The number of ether oxygens (including phenoxy) is 3. The Morgan fingerprint density at radius 3 is 2.23 bits per heavy atom. The second-order valence-electron chi connectivity index (χ2n) is 11.3. The lowest BCUT2D eigenvalue weighted by molar-refractivity contribution is -0.230. The van der Waals surface area contributed by atoms with E-state index < -0.39 is 6.29 Å². The first kappa shape index (κ1) is 26.4. The molecule has 1 aromatic carbocycles. The summed E-state index contributed by atoms with van der Waals surface area (Å²) in [5.41, 5.74) is 3.69. The van der Waals surface area contributed by atoms with Gasteiger partial charge in [-0.05, 0) is 79.7 Å². The van der Waals surface area contributed by atoms with E-state index in [4.69, 9.17) is 14.2 Å². The Labute approximate surface area is 212 Å². The molecule has 2 unspecified atom stereocenters. The number of benzene rings is 1. The highest BCUT2D eigenvalue weighted by molar-refractivity contribution is 5.81. The molecule has 5 rings (SSSR count). The minimum Gasteiger partial charge on any atom is -0.430 e. The van der Waals surface area contributed by atoms with Gasteiger partial charge in [-0.3, -0.25) is 0 Å². The highest BCUT2D eigenvalue weighted by atomic mass is 16.7. The maximum absolute atomic E-state index is 12.0. The zero-order valence-corrected chi connectivity index (χ0v) is 22.1. The minimum absolute atomic E-state index is 0.106. The molecular formula is C31H46O4. The maximum Gasteiger partial charge on any atom is 0.332 e. The number of hydrogen-bond donors (Lipinski definition) is 0. The Morgan fingerprint density at radius 1 is 0.914 bits per heavy atom. The van der Waals surface area contributed by atoms with Gasteiger partial charge in [0, 0.05) is 6.08 Å². The largest absolute Gasteiger partial charge is 0.430 e. The van der Waals surface area contributed by atoms with Crippen LogP contribution in [0.3, 0.4) is 0 Å². The maximum atomic E-state index is 12.0. The van der Waals surface area contributed by atoms with Crippen LogP contribution in [0, 0.1) is 5.41 Å². The Balaban J connectivity index is 1.23. The highest BCUT2D eigenvalue weighted by Gasteiger charge is 2.48. The summed E-state index contributed by atoms with van der Waals surface area (Å²) in [7, 11) is 0. The molecule has 35 heavy (non-hydrogen) atoms. The van der Waals surface area contributed by atoms with Gasteiger partial charge >= 0.3 is 5.97 Å². The number of carbonyl (C=O) groups is 1. The molecule has 3 saturated carbocycles. The zero-order chi connectivity index (χ0) is 24.6. The molecule has 1 aromatic rings. The third-order valence-corrected chi connectivity index (χ3v) is 8.95. The van der Waals surface area contributed by atoms with Crippen LogP contribution in [-0.4, -0.2) is 25.5 Å². The minimum atomic E-state index is -0.626. The quantitative estimate of drug-likeness (QED) is 0.172. The smallest absolute Gasteiger partial charge is 0.332 e. The molecule has 0 radical (unpaired) electrons. The van der Waals surface area contributed by atoms with E-state index in [9.17, 15) is 4.79 Å². The van der Waals surface area contributed by atoms with Crippen LogP contribution in [0.15, 0.2) is 36.4 Å². The summed E-state index contributed by atoms with van der Waals surface area (Å²) in [5, 5.41) is 0. The van der Waals surface area contributed by atoms with Crippen molar-refractivity contribution in [2.45, 2.75) is 122 Å². The van der Waals surface area contributed by atoms with Crippen LogP contribution < -0.4 is 0 Å². The number of allylic oxidation sites excluding steroid dienone is 1. The number of esters is 1. The van der Waals surface area contributed by atoms with Crippen LogP contribution in [0.2, 0.25) is 0 Å². The average Bonchev–Trinajstić information content (AvgIpc) is 2.90. The second-order valence-corrected chi connectivity index (χ2v) is 11.3. The van der Waals surface area contributed by atoms with Crippen LogP contribution in [0.4, 0.5) is 0 Å². The number of carbonyl (C=O) groups excluding carboxylic acids is 1. The lowest BCUT2D eigenvalue weighted by Crippen LogP contribution is -2.44. The predicted octanol–water partition coefficient (Wildman–Crippen LogP) is 7.95. The normalized spacial score (nSPS) is 30.6. The average molecular weight is 483 g/mol. The van der Waals surface area contributed by atoms with E-state index in [-0.39, 0.29) is 18.7 Å². The van der Waals surface area contributed by atoms with Gasteiger partial charge in [-0.2, -0.15) is 0 Å². The third kappa shape index (κ3) is 6.77. The van der Waals surface area contributed by atoms with Crippen molar-refractivity contribution in [3.8, 4) is 0 Å². The molecule has 194 valence electrons. The van der Waals surface area contributed by atoms with Gasteiger partial charge in [0.25, 0.3) is 0 Å². The molecule has 0 N–H and O–H groups in total. The van der Waals surface area contributed by atoms with Gasteiger partial charge in [0.2, 0.25) is 6.29 Å². The topological polar surface area (TPSA) is 44.8 Å². The molecule has 4 heteroatoms. The predicted molar refractivity (Wildman–Crippen MR) is 140 cm³/mol. The van der Waals surface area contributed by atoms with Crippen molar-refractivity contribution in [3.05, 3.63) is 47.5 Å². The Hall–Kier alpha value is -1.65. The van der Waals surface area contributed by atoms with Gasteiger partial charge < -0.3 is 14.2 Å². The number of rotatable bonds is 12. The molecular weight excluding hydrogens is 436 g/mol. The summed E-state index contributed by atoms with van der Waals surface area (Å²) >= 11 is 0. The van der Waals surface area contributed by atoms with Gasteiger partial charge in [-0.1, -0.05) is 76.3 Å². The molecule has 0 amide bonds. The molecule has 4 fully saturated rings. The van der Waals surface area contributed by atoms with E-state index in [1.807, 2.05) is 6.08 Å². The van der Waals surface area contributed by atoms with Gasteiger partial charge in [-0.15, -0.1) is 0 Å². The Bertz CT molecular complexity index is 794. The molecule has 1 saturated heterocycles. The molecule has 2 atom stereocenters. The fourth-order valence-electron chi connectivity index (χ4n) is 6.48. The first-order chi connectivity index (χ1) is 17.1. The molecule has 0 aromatic heterocycles. The van der Waals surface area contributed by atoms with Gasteiger partial charge in [-0.25, -0.2) is 4.79 Å². The van der Waals surface area contributed by atoms with Crippen LogP contribution in [0.5, 0.6) is 0 Å². The van der Waals surface area contributed by atoms with Crippen molar-refractivity contribution >= 4 is 5.97 Å². The lowest BCUT2D eigenvalue weighted by Gasteiger charge is -2.54.